The molecule has 2 aliphatic rings. The largest absolute Gasteiger partial charge is 0.492 e. The average molecular weight is 334 g/mol. The van der Waals surface area contributed by atoms with Gasteiger partial charge in [-0.15, -0.1) is 0 Å². The Morgan fingerprint density at radius 3 is 2.79 bits per heavy atom. The van der Waals surface area contributed by atoms with Crippen molar-refractivity contribution in [2.45, 2.75) is 31.8 Å². The summed E-state index contributed by atoms with van der Waals surface area (Å²) < 4.78 is 11.5. The minimum atomic E-state index is 0.250. The van der Waals surface area contributed by atoms with Gasteiger partial charge in [0, 0.05) is 37.8 Å². The summed E-state index contributed by atoms with van der Waals surface area (Å²) in [5, 5.41) is 9.61. The summed E-state index contributed by atoms with van der Waals surface area (Å²) in [5.74, 6) is 0.980. The summed E-state index contributed by atoms with van der Waals surface area (Å²) in [6, 6.07) is 8.61. The van der Waals surface area contributed by atoms with E-state index in [-0.39, 0.29) is 6.61 Å². The molecular formula is C19H30N2O3. The standard InChI is InChI=1S/C19H30N2O3/c22-16-18-6-3-4-8-21(18)15-17-5-1-2-7-19(17)24-14-11-20-9-12-23-13-10-20/h1-2,5,7,18,22H,3-4,6,8-16H2. The van der Waals surface area contributed by atoms with Crippen molar-refractivity contribution in [1.82, 2.24) is 9.80 Å². The predicted molar refractivity (Wildman–Crippen MR) is 94.3 cm³/mol. The topological polar surface area (TPSA) is 45.2 Å². The highest BCUT2D eigenvalue weighted by Crippen LogP contribution is 2.24. The maximum atomic E-state index is 9.61. The Hall–Kier alpha value is -1.14. The zero-order chi connectivity index (χ0) is 16.6. The van der Waals surface area contributed by atoms with Gasteiger partial charge in [0.2, 0.25) is 0 Å². The highest BCUT2D eigenvalue weighted by atomic mass is 16.5. The van der Waals surface area contributed by atoms with E-state index >= 15 is 0 Å². The van der Waals surface area contributed by atoms with Crippen molar-refractivity contribution in [2.75, 3.05) is 52.6 Å². The monoisotopic (exact) mass is 334 g/mol. The molecule has 1 aromatic rings. The van der Waals surface area contributed by atoms with Crippen LogP contribution in [-0.2, 0) is 11.3 Å². The van der Waals surface area contributed by atoms with E-state index in [0.29, 0.717) is 12.6 Å². The van der Waals surface area contributed by atoms with E-state index in [0.717, 1.165) is 58.1 Å². The molecule has 134 valence electrons. The van der Waals surface area contributed by atoms with E-state index in [1.54, 1.807) is 0 Å². The molecule has 24 heavy (non-hydrogen) atoms. The smallest absolute Gasteiger partial charge is 0.123 e. The highest BCUT2D eigenvalue weighted by Gasteiger charge is 2.22. The number of para-hydroxylation sites is 1. The Morgan fingerprint density at radius 2 is 1.96 bits per heavy atom. The number of rotatable bonds is 7. The van der Waals surface area contributed by atoms with Gasteiger partial charge in [0.1, 0.15) is 12.4 Å². The molecule has 1 N–H and O–H groups in total. The fourth-order valence-electron chi connectivity index (χ4n) is 3.58. The number of likely N-dealkylation sites (tertiary alicyclic amines) is 1. The van der Waals surface area contributed by atoms with E-state index in [1.165, 1.54) is 18.4 Å². The zero-order valence-corrected chi connectivity index (χ0v) is 14.5. The molecule has 0 aromatic heterocycles. The van der Waals surface area contributed by atoms with E-state index in [4.69, 9.17) is 9.47 Å². The SMILES string of the molecule is OCC1CCCCN1Cc1ccccc1OCCN1CCOCC1. The van der Waals surface area contributed by atoms with Crippen LogP contribution in [0.5, 0.6) is 5.75 Å². The van der Waals surface area contributed by atoms with Gasteiger partial charge in [0.05, 0.1) is 19.8 Å². The Morgan fingerprint density at radius 1 is 1.12 bits per heavy atom. The van der Waals surface area contributed by atoms with E-state index in [9.17, 15) is 5.11 Å². The van der Waals surface area contributed by atoms with Crippen molar-refractivity contribution in [3.8, 4) is 5.75 Å². The number of morpholine rings is 1. The van der Waals surface area contributed by atoms with Crippen molar-refractivity contribution >= 4 is 0 Å². The molecule has 2 saturated heterocycles. The highest BCUT2D eigenvalue weighted by molar-refractivity contribution is 5.33. The third kappa shape index (κ3) is 4.93. The molecule has 0 aliphatic carbocycles. The fraction of sp³-hybridized carbons (Fsp3) is 0.684. The molecule has 0 bridgehead atoms. The molecular weight excluding hydrogens is 304 g/mol. The van der Waals surface area contributed by atoms with Crippen LogP contribution in [0.15, 0.2) is 24.3 Å². The normalized spacial score (nSPS) is 23.3. The molecule has 3 rings (SSSR count). The molecule has 5 heteroatoms. The summed E-state index contributed by atoms with van der Waals surface area (Å²) >= 11 is 0. The molecule has 5 nitrogen and oxygen atoms in total. The summed E-state index contributed by atoms with van der Waals surface area (Å²) in [6.45, 7) is 7.48. The number of aliphatic hydroxyl groups excluding tert-OH is 1. The van der Waals surface area contributed by atoms with E-state index in [2.05, 4.69) is 28.0 Å². The number of hydrogen-bond acceptors (Lipinski definition) is 5. The molecule has 1 aromatic carbocycles. The molecule has 2 fully saturated rings. The van der Waals surface area contributed by atoms with Crippen molar-refractivity contribution in [3.05, 3.63) is 29.8 Å². The Kier molecular flexibility index (Phi) is 6.90. The molecule has 2 aliphatic heterocycles. The minimum absolute atomic E-state index is 0.250. The average Bonchev–Trinajstić information content (AvgIpc) is 2.64. The molecule has 0 spiro atoms. The lowest BCUT2D eigenvalue weighted by molar-refractivity contribution is 0.0320. The van der Waals surface area contributed by atoms with Crippen LogP contribution in [0.1, 0.15) is 24.8 Å². The van der Waals surface area contributed by atoms with Crippen molar-refractivity contribution in [2.24, 2.45) is 0 Å². The van der Waals surface area contributed by atoms with Gasteiger partial charge in [0.15, 0.2) is 0 Å². The molecule has 0 radical (unpaired) electrons. The number of nitrogens with zero attached hydrogens (tertiary/aromatic N) is 2. The summed E-state index contributed by atoms with van der Waals surface area (Å²) in [5.41, 5.74) is 1.22. The van der Waals surface area contributed by atoms with E-state index < -0.39 is 0 Å². The van der Waals surface area contributed by atoms with Crippen LogP contribution in [0.4, 0.5) is 0 Å². The summed E-state index contributed by atoms with van der Waals surface area (Å²) in [6.07, 6.45) is 3.53. The first-order chi connectivity index (χ1) is 11.9. The van der Waals surface area contributed by atoms with Crippen LogP contribution in [0, 0.1) is 0 Å². The van der Waals surface area contributed by atoms with Crippen LogP contribution in [-0.4, -0.2) is 73.6 Å². The number of hydrogen-bond donors (Lipinski definition) is 1. The van der Waals surface area contributed by atoms with Crippen molar-refractivity contribution < 1.29 is 14.6 Å². The third-order valence-corrected chi connectivity index (χ3v) is 5.07. The maximum absolute atomic E-state index is 9.61. The van der Waals surface area contributed by atoms with Gasteiger partial charge in [-0.1, -0.05) is 24.6 Å². The molecule has 1 unspecified atom stereocenters. The summed E-state index contributed by atoms with van der Waals surface area (Å²) in [7, 11) is 0. The molecule has 1 atom stereocenters. The first-order valence-electron chi connectivity index (χ1n) is 9.22. The zero-order valence-electron chi connectivity index (χ0n) is 14.5. The third-order valence-electron chi connectivity index (χ3n) is 5.07. The van der Waals surface area contributed by atoms with Crippen LogP contribution in [0.25, 0.3) is 0 Å². The molecule has 0 amide bonds. The van der Waals surface area contributed by atoms with Gasteiger partial charge in [-0.2, -0.15) is 0 Å². The first kappa shape index (κ1) is 17.7. The van der Waals surface area contributed by atoms with Crippen LogP contribution >= 0.6 is 0 Å². The number of ether oxygens (including phenoxy) is 2. The van der Waals surface area contributed by atoms with Gasteiger partial charge < -0.3 is 14.6 Å². The van der Waals surface area contributed by atoms with Gasteiger partial charge in [0.25, 0.3) is 0 Å². The second-order valence-corrected chi connectivity index (χ2v) is 6.71. The van der Waals surface area contributed by atoms with Crippen LogP contribution in [0.3, 0.4) is 0 Å². The lowest BCUT2D eigenvalue weighted by atomic mass is 10.0. The Bertz CT molecular complexity index is 491. The summed E-state index contributed by atoms with van der Waals surface area (Å²) in [4.78, 5) is 4.78. The van der Waals surface area contributed by atoms with Gasteiger partial charge in [-0.25, -0.2) is 0 Å². The number of benzene rings is 1. The minimum Gasteiger partial charge on any atom is -0.492 e. The van der Waals surface area contributed by atoms with Gasteiger partial charge in [-0.05, 0) is 25.5 Å². The van der Waals surface area contributed by atoms with Crippen LogP contribution < -0.4 is 4.74 Å². The van der Waals surface area contributed by atoms with Crippen molar-refractivity contribution in [1.29, 1.82) is 0 Å². The maximum Gasteiger partial charge on any atom is 0.123 e. The van der Waals surface area contributed by atoms with Gasteiger partial charge >= 0.3 is 0 Å². The fourth-order valence-corrected chi connectivity index (χ4v) is 3.58. The lowest BCUT2D eigenvalue weighted by Gasteiger charge is -2.35. The first-order valence-corrected chi connectivity index (χ1v) is 9.22. The van der Waals surface area contributed by atoms with Crippen molar-refractivity contribution in [3.63, 3.8) is 0 Å². The van der Waals surface area contributed by atoms with E-state index in [1.807, 2.05) is 6.07 Å². The second-order valence-electron chi connectivity index (χ2n) is 6.71. The number of piperidine rings is 1. The molecule has 0 saturated carbocycles. The Balaban J connectivity index is 1.54. The predicted octanol–water partition coefficient (Wildman–Crippen LogP) is 1.74. The van der Waals surface area contributed by atoms with Gasteiger partial charge in [-0.3, -0.25) is 9.80 Å². The number of aliphatic hydroxyl groups is 1. The van der Waals surface area contributed by atoms with Crippen LogP contribution in [0.2, 0.25) is 0 Å². The molecule has 2 heterocycles. The second kappa shape index (κ2) is 9.37. The quantitative estimate of drug-likeness (QED) is 0.823. The lowest BCUT2D eigenvalue weighted by Crippen LogP contribution is -2.41. The Labute approximate surface area is 145 Å².